The van der Waals surface area contributed by atoms with E-state index in [-0.39, 0.29) is 43.1 Å². The van der Waals surface area contributed by atoms with Crippen LogP contribution in [0.3, 0.4) is 0 Å². The third-order valence-electron chi connectivity index (χ3n) is 4.54. The van der Waals surface area contributed by atoms with E-state index in [0.29, 0.717) is 13.0 Å². The molecule has 0 aromatic heterocycles. The van der Waals surface area contributed by atoms with E-state index in [9.17, 15) is 14.4 Å². The van der Waals surface area contributed by atoms with Crippen LogP contribution in [0.2, 0.25) is 0 Å². The van der Waals surface area contributed by atoms with Crippen LogP contribution in [0, 0.1) is 5.92 Å². The van der Waals surface area contributed by atoms with Crippen molar-refractivity contribution in [2.75, 3.05) is 32.7 Å². The van der Waals surface area contributed by atoms with Crippen molar-refractivity contribution in [3.63, 3.8) is 0 Å². The normalized spacial score (nSPS) is 20.4. The van der Waals surface area contributed by atoms with Crippen LogP contribution in [-0.4, -0.2) is 60.5 Å². The van der Waals surface area contributed by atoms with Crippen LogP contribution in [0.25, 0.3) is 0 Å². The Balaban J connectivity index is 0.00000312. The first-order valence-corrected chi connectivity index (χ1v) is 8.72. The molecule has 0 saturated carbocycles. The van der Waals surface area contributed by atoms with Crippen LogP contribution in [-0.2, 0) is 14.4 Å². The van der Waals surface area contributed by atoms with E-state index in [1.807, 2.05) is 4.90 Å². The Morgan fingerprint density at radius 2 is 2.00 bits per heavy atom. The fraction of sp³-hybridized carbons (Fsp3) is 0.706. The largest absolute Gasteiger partial charge is 0.481 e. The summed E-state index contributed by atoms with van der Waals surface area (Å²) in [4.78, 5) is 36.6. The van der Waals surface area contributed by atoms with E-state index in [1.54, 1.807) is 6.08 Å². The van der Waals surface area contributed by atoms with Crippen LogP contribution in [0.1, 0.15) is 38.5 Å². The summed E-state index contributed by atoms with van der Waals surface area (Å²) in [5.41, 5.74) is 1.20. The molecule has 2 amide bonds. The van der Waals surface area contributed by atoms with Gasteiger partial charge >= 0.3 is 5.97 Å². The SMILES string of the molecule is Cl.O=C(O)CCNC(=O)CC1CCCN(C(=O)C=C2CCNCC2)C1. The molecule has 2 saturated heterocycles. The molecule has 25 heavy (non-hydrogen) atoms. The molecule has 2 aliphatic rings. The van der Waals surface area contributed by atoms with Gasteiger partial charge in [-0.15, -0.1) is 12.4 Å². The summed E-state index contributed by atoms with van der Waals surface area (Å²) < 4.78 is 0. The van der Waals surface area contributed by atoms with Crippen molar-refractivity contribution in [3.8, 4) is 0 Å². The predicted molar refractivity (Wildman–Crippen MR) is 96.6 cm³/mol. The third kappa shape index (κ3) is 7.88. The Morgan fingerprint density at radius 3 is 2.68 bits per heavy atom. The number of likely N-dealkylation sites (tertiary alicyclic amines) is 1. The fourth-order valence-electron chi connectivity index (χ4n) is 3.23. The maximum absolute atomic E-state index is 12.4. The van der Waals surface area contributed by atoms with Gasteiger partial charge in [-0.1, -0.05) is 5.57 Å². The molecule has 1 atom stereocenters. The number of nitrogens with zero attached hydrogens (tertiary/aromatic N) is 1. The number of carboxylic acids is 1. The van der Waals surface area contributed by atoms with Crippen LogP contribution in [0.4, 0.5) is 0 Å². The Kier molecular flexibility index (Phi) is 9.52. The fourth-order valence-corrected chi connectivity index (χ4v) is 3.23. The second-order valence-electron chi connectivity index (χ2n) is 6.54. The molecule has 0 radical (unpaired) electrons. The number of carbonyl (C=O) groups excluding carboxylic acids is 2. The second-order valence-corrected chi connectivity index (χ2v) is 6.54. The van der Waals surface area contributed by atoms with Crippen molar-refractivity contribution in [2.45, 2.75) is 38.5 Å². The summed E-state index contributed by atoms with van der Waals surface area (Å²) in [6.45, 7) is 3.37. The van der Waals surface area contributed by atoms with Gasteiger partial charge in [0.2, 0.25) is 11.8 Å². The van der Waals surface area contributed by atoms with Gasteiger partial charge in [0.15, 0.2) is 0 Å². The van der Waals surface area contributed by atoms with Gasteiger partial charge in [-0.05, 0) is 44.7 Å². The minimum Gasteiger partial charge on any atom is -0.481 e. The number of rotatable bonds is 6. The number of nitrogens with one attached hydrogen (secondary N) is 2. The highest BCUT2D eigenvalue weighted by Gasteiger charge is 2.24. The summed E-state index contributed by atoms with van der Waals surface area (Å²) in [6, 6.07) is 0. The molecule has 0 bridgehead atoms. The lowest BCUT2D eigenvalue weighted by Crippen LogP contribution is -2.41. The van der Waals surface area contributed by atoms with E-state index >= 15 is 0 Å². The maximum Gasteiger partial charge on any atom is 0.305 e. The van der Waals surface area contributed by atoms with Gasteiger partial charge in [-0.2, -0.15) is 0 Å². The Labute approximate surface area is 154 Å². The molecule has 2 fully saturated rings. The monoisotopic (exact) mass is 373 g/mol. The predicted octanol–water partition coefficient (Wildman–Crippen LogP) is 0.938. The molecule has 8 heteroatoms. The van der Waals surface area contributed by atoms with E-state index in [1.165, 1.54) is 5.57 Å². The Bertz CT molecular complexity index is 502. The second kappa shape index (κ2) is 11.1. The highest BCUT2D eigenvalue weighted by Crippen LogP contribution is 2.20. The Hall–Kier alpha value is -1.60. The Morgan fingerprint density at radius 1 is 1.28 bits per heavy atom. The lowest BCUT2D eigenvalue weighted by atomic mass is 9.94. The summed E-state index contributed by atoms with van der Waals surface area (Å²) >= 11 is 0. The first-order valence-electron chi connectivity index (χ1n) is 8.72. The first kappa shape index (κ1) is 21.4. The lowest BCUT2D eigenvalue weighted by molar-refractivity contribution is -0.137. The van der Waals surface area contributed by atoms with E-state index < -0.39 is 5.97 Å². The molecule has 0 spiro atoms. The summed E-state index contributed by atoms with van der Waals surface area (Å²) in [5, 5.41) is 14.5. The number of carboxylic acid groups (broad SMARTS) is 1. The highest BCUT2D eigenvalue weighted by atomic mass is 35.5. The number of halogens is 1. The molecular weight excluding hydrogens is 346 g/mol. The lowest BCUT2D eigenvalue weighted by Gasteiger charge is -2.32. The summed E-state index contributed by atoms with van der Waals surface area (Å²) in [6.07, 6.45) is 5.74. The molecule has 0 aromatic rings. The van der Waals surface area contributed by atoms with Gasteiger partial charge in [0.05, 0.1) is 6.42 Å². The van der Waals surface area contributed by atoms with Crippen molar-refractivity contribution >= 4 is 30.2 Å². The molecule has 3 N–H and O–H groups in total. The summed E-state index contributed by atoms with van der Waals surface area (Å²) in [5.74, 6) is -0.843. The topological polar surface area (TPSA) is 98.7 Å². The van der Waals surface area contributed by atoms with E-state index in [0.717, 1.165) is 45.3 Å². The van der Waals surface area contributed by atoms with Gasteiger partial charge in [0, 0.05) is 32.1 Å². The number of carbonyl (C=O) groups is 3. The average molecular weight is 374 g/mol. The van der Waals surface area contributed by atoms with Gasteiger partial charge in [-0.3, -0.25) is 14.4 Å². The number of piperidine rings is 2. The molecule has 2 rings (SSSR count). The average Bonchev–Trinajstić information content (AvgIpc) is 2.55. The van der Waals surface area contributed by atoms with Crippen LogP contribution >= 0.6 is 12.4 Å². The van der Waals surface area contributed by atoms with Gasteiger partial charge in [0.1, 0.15) is 0 Å². The number of aliphatic carboxylic acids is 1. The molecule has 0 aromatic carbocycles. The van der Waals surface area contributed by atoms with Crippen LogP contribution < -0.4 is 10.6 Å². The first-order chi connectivity index (χ1) is 11.5. The van der Waals surface area contributed by atoms with Gasteiger partial charge in [0.25, 0.3) is 0 Å². The maximum atomic E-state index is 12.4. The quantitative estimate of drug-likeness (QED) is 0.602. The number of hydrogen-bond donors (Lipinski definition) is 3. The molecule has 1 unspecified atom stereocenters. The molecule has 2 aliphatic heterocycles. The van der Waals surface area contributed by atoms with Crippen molar-refractivity contribution in [1.82, 2.24) is 15.5 Å². The molecule has 142 valence electrons. The van der Waals surface area contributed by atoms with Crippen molar-refractivity contribution in [1.29, 1.82) is 0 Å². The van der Waals surface area contributed by atoms with Gasteiger partial charge < -0.3 is 20.6 Å². The smallest absolute Gasteiger partial charge is 0.305 e. The minimum absolute atomic E-state index is 0. The van der Waals surface area contributed by atoms with Crippen LogP contribution in [0.5, 0.6) is 0 Å². The summed E-state index contributed by atoms with van der Waals surface area (Å²) in [7, 11) is 0. The number of hydrogen-bond acceptors (Lipinski definition) is 4. The van der Waals surface area contributed by atoms with Crippen molar-refractivity contribution in [3.05, 3.63) is 11.6 Å². The third-order valence-corrected chi connectivity index (χ3v) is 4.54. The highest BCUT2D eigenvalue weighted by molar-refractivity contribution is 5.88. The van der Waals surface area contributed by atoms with Crippen LogP contribution in [0.15, 0.2) is 11.6 Å². The molecular formula is C17H28ClN3O4. The van der Waals surface area contributed by atoms with Crippen molar-refractivity contribution < 1.29 is 19.5 Å². The zero-order chi connectivity index (χ0) is 17.4. The van der Waals surface area contributed by atoms with E-state index in [4.69, 9.17) is 5.11 Å². The van der Waals surface area contributed by atoms with Gasteiger partial charge in [-0.25, -0.2) is 0 Å². The molecule has 2 heterocycles. The van der Waals surface area contributed by atoms with Crippen molar-refractivity contribution in [2.24, 2.45) is 5.92 Å². The number of amides is 2. The minimum atomic E-state index is -0.921. The zero-order valence-corrected chi connectivity index (χ0v) is 15.3. The standard InChI is InChI=1S/C17H27N3O4.ClH/c21-15(19-8-5-17(23)24)10-14-2-1-9-20(12-14)16(22)11-13-3-6-18-7-4-13;/h11,14,18H,1-10,12H2,(H,19,21)(H,23,24);1H. The molecule has 7 nitrogen and oxygen atoms in total. The van der Waals surface area contributed by atoms with E-state index in [2.05, 4.69) is 10.6 Å². The molecule has 0 aliphatic carbocycles. The zero-order valence-electron chi connectivity index (χ0n) is 14.5.